The van der Waals surface area contributed by atoms with Gasteiger partial charge in [-0.1, -0.05) is 29.8 Å². The van der Waals surface area contributed by atoms with Crippen LogP contribution in [0.15, 0.2) is 47.4 Å². The summed E-state index contributed by atoms with van der Waals surface area (Å²) < 4.78 is 10.5. The van der Waals surface area contributed by atoms with Gasteiger partial charge in [0.25, 0.3) is 11.1 Å². The Bertz CT molecular complexity index is 858. The van der Waals surface area contributed by atoms with E-state index < -0.39 is 0 Å². The summed E-state index contributed by atoms with van der Waals surface area (Å²) in [5.41, 5.74) is 2.41. The quantitative estimate of drug-likeness (QED) is 0.767. The number of thioether (sulfide) groups is 1. The lowest BCUT2D eigenvalue weighted by Gasteiger charge is -2.16. The van der Waals surface area contributed by atoms with Crippen LogP contribution in [0.5, 0.6) is 11.5 Å². The molecule has 1 fully saturated rings. The highest BCUT2D eigenvalue weighted by molar-refractivity contribution is 8.19. The van der Waals surface area contributed by atoms with Crippen LogP contribution < -0.4 is 14.4 Å². The van der Waals surface area contributed by atoms with Gasteiger partial charge in [-0.15, -0.1) is 0 Å². The molecule has 2 aromatic rings. The van der Waals surface area contributed by atoms with E-state index in [1.54, 1.807) is 31.4 Å². The van der Waals surface area contributed by atoms with Gasteiger partial charge in [0.15, 0.2) is 0 Å². The molecule has 0 radical (unpaired) electrons. The number of hydrogen-bond acceptors (Lipinski definition) is 5. The molecule has 0 spiro atoms. The summed E-state index contributed by atoms with van der Waals surface area (Å²) in [6.07, 6.45) is 1.72. The lowest BCUT2D eigenvalue weighted by Crippen LogP contribution is -2.28. The van der Waals surface area contributed by atoms with Gasteiger partial charge < -0.3 is 9.47 Å². The number of amides is 2. The van der Waals surface area contributed by atoms with E-state index in [0.29, 0.717) is 22.1 Å². The van der Waals surface area contributed by atoms with Gasteiger partial charge >= 0.3 is 0 Å². The van der Waals surface area contributed by atoms with Crippen LogP contribution in [0.4, 0.5) is 10.5 Å². The molecule has 0 N–H and O–H groups in total. The predicted molar refractivity (Wildman–Crippen MR) is 99.2 cm³/mol. The van der Waals surface area contributed by atoms with Crippen LogP contribution >= 0.6 is 11.8 Å². The molecule has 128 valence electrons. The number of rotatable bonds is 4. The fourth-order valence-corrected chi connectivity index (χ4v) is 3.29. The Balaban J connectivity index is 1.95. The first-order valence-electron chi connectivity index (χ1n) is 7.60. The van der Waals surface area contributed by atoms with Crippen LogP contribution in [0.3, 0.4) is 0 Å². The molecule has 2 amide bonds. The molecule has 1 aliphatic rings. The number of carbonyl (C=O) groups is 2. The van der Waals surface area contributed by atoms with Gasteiger partial charge in [0.1, 0.15) is 11.5 Å². The summed E-state index contributed by atoms with van der Waals surface area (Å²) in [7, 11) is 3.03. The van der Waals surface area contributed by atoms with Crippen molar-refractivity contribution >= 4 is 34.7 Å². The summed E-state index contributed by atoms with van der Waals surface area (Å²) in [5.74, 6) is 0.625. The largest absolute Gasteiger partial charge is 0.497 e. The molecule has 1 saturated heterocycles. The number of hydrogen-bond donors (Lipinski definition) is 0. The normalized spacial score (nSPS) is 15.8. The molecule has 0 aromatic heterocycles. The van der Waals surface area contributed by atoms with Crippen molar-refractivity contribution in [1.82, 2.24) is 0 Å². The van der Waals surface area contributed by atoms with Crippen molar-refractivity contribution in [3.05, 3.63) is 58.5 Å². The highest BCUT2D eigenvalue weighted by Crippen LogP contribution is 2.40. The molecular formula is C19H17NO4S. The van der Waals surface area contributed by atoms with E-state index in [1.165, 1.54) is 7.11 Å². The topological polar surface area (TPSA) is 55.8 Å². The molecule has 5 nitrogen and oxygen atoms in total. The molecule has 0 bridgehead atoms. The Labute approximate surface area is 150 Å². The summed E-state index contributed by atoms with van der Waals surface area (Å²) in [6.45, 7) is 1.99. The van der Waals surface area contributed by atoms with Crippen molar-refractivity contribution in [2.24, 2.45) is 0 Å². The zero-order valence-corrected chi connectivity index (χ0v) is 14.9. The third-order valence-corrected chi connectivity index (χ3v) is 4.67. The van der Waals surface area contributed by atoms with E-state index in [9.17, 15) is 9.59 Å². The van der Waals surface area contributed by atoms with Gasteiger partial charge in [0, 0.05) is 6.07 Å². The molecule has 1 heterocycles. The second-order valence-corrected chi connectivity index (χ2v) is 6.46. The maximum Gasteiger partial charge on any atom is 0.298 e. The van der Waals surface area contributed by atoms with E-state index in [4.69, 9.17) is 9.47 Å². The highest BCUT2D eigenvalue weighted by atomic mass is 32.2. The summed E-state index contributed by atoms with van der Waals surface area (Å²) >= 11 is 0.917. The number of ether oxygens (including phenoxy) is 2. The van der Waals surface area contributed by atoms with Crippen molar-refractivity contribution < 1.29 is 19.1 Å². The zero-order chi connectivity index (χ0) is 18.0. The minimum absolute atomic E-state index is 0.355. The van der Waals surface area contributed by atoms with Crippen molar-refractivity contribution in [2.45, 2.75) is 6.92 Å². The molecule has 6 heteroatoms. The van der Waals surface area contributed by atoms with Crippen LogP contribution in [-0.2, 0) is 4.79 Å². The summed E-state index contributed by atoms with van der Waals surface area (Å²) in [4.78, 5) is 26.7. The number of imide groups is 1. The van der Waals surface area contributed by atoms with Crippen molar-refractivity contribution in [3.63, 3.8) is 0 Å². The third-order valence-electron chi connectivity index (χ3n) is 3.80. The molecule has 0 aliphatic carbocycles. The fraction of sp³-hybridized carbons (Fsp3) is 0.158. The lowest BCUT2D eigenvalue weighted by atomic mass is 10.1. The summed E-state index contributed by atoms with van der Waals surface area (Å²) in [5, 5.41) is -0.355. The Morgan fingerprint density at radius 1 is 1.00 bits per heavy atom. The molecular weight excluding hydrogens is 338 g/mol. The lowest BCUT2D eigenvalue weighted by molar-refractivity contribution is -0.113. The third kappa shape index (κ3) is 3.39. The van der Waals surface area contributed by atoms with Gasteiger partial charge in [-0.05, 0) is 42.5 Å². The number of anilines is 1. The van der Waals surface area contributed by atoms with Gasteiger partial charge in [-0.2, -0.15) is 0 Å². The predicted octanol–water partition coefficient (Wildman–Crippen LogP) is 4.25. The molecule has 25 heavy (non-hydrogen) atoms. The SMILES string of the molecule is COc1ccc(N2C(=O)S/C(=C\c3ccc(C)cc3)C2=O)c(OC)c1. The Morgan fingerprint density at radius 2 is 1.72 bits per heavy atom. The van der Waals surface area contributed by atoms with Crippen molar-refractivity contribution in [1.29, 1.82) is 0 Å². The standard InChI is InChI=1S/C19H17NO4S/c1-12-4-6-13(7-5-12)10-17-18(21)20(19(22)25-17)15-9-8-14(23-2)11-16(15)24-3/h4-11H,1-3H3/b17-10-. The minimum atomic E-state index is -0.362. The first kappa shape index (κ1) is 17.1. The number of methoxy groups -OCH3 is 2. The zero-order valence-electron chi connectivity index (χ0n) is 14.1. The van der Waals surface area contributed by atoms with Gasteiger partial charge in [0.05, 0.1) is 24.8 Å². The number of benzene rings is 2. The van der Waals surface area contributed by atoms with Crippen LogP contribution in [0, 0.1) is 6.92 Å². The molecule has 0 saturated carbocycles. The van der Waals surface area contributed by atoms with Crippen LogP contribution in [0.2, 0.25) is 0 Å². The van der Waals surface area contributed by atoms with Gasteiger partial charge in [0.2, 0.25) is 0 Å². The Morgan fingerprint density at radius 3 is 2.36 bits per heavy atom. The fourth-order valence-electron chi connectivity index (χ4n) is 2.46. The maximum absolute atomic E-state index is 12.7. The van der Waals surface area contributed by atoms with E-state index in [-0.39, 0.29) is 11.1 Å². The molecule has 2 aromatic carbocycles. The van der Waals surface area contributed by atoms with E-state index in [0.717, 1.165) is 27.8 Å². The average molecular weight is 355 g/mol. The monoisotopic (exact) mass is 355 g/mol. The van der Waals surface area contributed by atoms with Crippen LogP contribution in [-0.4, -0.2) is 25.4 Å². The minimum Gasteiger partial charge on any atom is -0.497 e. The van der Waals surface area contributed by atoms with E-state index in [1.807, 2.05) is 31.2 Å². The maximum atomic E-state index is 12.7. The number of carbonyl (C=O) groups excluding carboxylic acids is 2. The first-order chi connectivity index (χ1) is 12.0. The molecule has 0 atom stereocenters. The van der Waals surface area contributed by atoms with Gasteiger partial charge in [-0.25, -0.2) is 4.90 Å². The summed E-state index contributed by atoms with van der Waals surface area (Å²) in [6, 6.07) is 12.7. The van der Waals surface area contributed by atoms with Gasteiger partial charge in [-0.3, -0.25) is 9.59 Å². The highest BCUT2D eigenvalue weighted by Gasteiger charge is 2.37. The van der Waals surface area contributed by atoms with E-state index >= 15 is 0 Å². The average Bonchev–Trinajstić information content (AvgIpc) is 2.90. The number of nitrogens with zero attached hydrogens (tertiary/aromatic N) is 1. The second kappa shape index (κ2) is 7.03. The molecule has 1 aliphatic heterocycles. The number of aryl methyl sites for hydroxylation is 1. The Hall–Kier alpha value is -2.73. The molecule has 3 rings (SSSR count). The Kier molecular flexibility index (Phi) is 4.81. The van der Waals surface area contributed by atoms with Crippen molar-refractivity contribution in [3.8, 4) is 11.5 Å². The first-order valence-corrected chi connectivity index (χ1v) is 8.42. The van der Waals surface area contributed by atoms with Crippen LogP contribution in [0.1, 0.15) is 11.1 Å². The second-order valence-electron chi connectivity index (χ2n) is 5.47. The van der Waals surface area contributed by atoms with Crippen molar-refractivity contribution in [2.75, 3.05) is 19.1 Å². The van der Waals surface area contributed by atoms with E-state index in [2.05, 4.69) is 0 Å². The molecule has 0 unspecified atom stereocenters. The smallest absolute Gasteiger partial charge is 0.298 e. The van der Waals surface area contributed by atoms with Crippen LogP contribution in [0.25, 0.3) is 6.08 Å².